The van der Waals surface area contributed by atoms with E-state index in [1.54, 1.807) is 0 Å². The molecule has 3 rings (SSSR count). The van der Waals surface area contributed by atoms with Crippen LogP contribution >= 0.6 is 0 Å². The molecule has 29 heavy (non-hydrogen) atoms. The third-order valence-electron chi connectivity index (χ3n) is 6.14. The lowest BCUT2D eigenvalue weighted by Gasteiger charge is -2.42. The van der Waals surface area contributed by atoms with Crippen LogP contribution in [0.5, 0.6) is 0 Å². The largest absolute Gasteiger partial charge is 0.372 e. The lowest BCUT2D eigenvalue weighted by molar-refractivity contribution is -0.137. The fourth-order valence-electron chi connectivity index (χ4n) is 4.43. The third kappa shape index (κ3) is 6.54. The number of amides is 2. The zero-order valence-corrected chi connectivity index (χ0v) is 17.6. The Kier molecular flexibility index (Phi) is 8.50. The van der Waals surface area contributed by atoms with Crippen molar-refractivity contribution in [3.8, 4) is 0 Å². The zero-order chi connectivity index (χ0) is 20.5. The fraction of sp³-hybridized carbons (Fsp3) is 0.652. The monoisotopic (exact) mass is 401 g/mol. The number of piperidine rings is 2. The highest BCUT2D eigenvalue weighted by Crippen LogP contribution is 2.24. The van der Waals surface area contributed by atoms with Gasteiger partial charge in [0, 0.05) is 38.8 Å². The molecule has 0 aliphatic carbocycles. The highest BCUT2D eigenvalue weighted by atomic mass is 16.5. The van der Waals surface area contributed by atoms with Gasteiger partial charge in [0.05, 0.1) is 5.92 Å². The highest BCUT2D eigenvalue weighted by molar-refractivity contribution is 5.79. The average Bonchev–Trinajstić information content (AvgIpc) is 2.78. The summed E-state index contributed by atoms with van der Waals surface area (Å²) >= 11 is 0. The maximum absolute atomic E-state index is 12.7. The minimum absolute atomic E-state index is 0.0807. The molecule has 1 unspecified atom stereocenters. The number of rotatable bonds is 8. The van der Waals surface area contributed by atoms with Crippen molar-refractivity contribution < 1.29 is 14.3 Å². The van der Waals surface area contributed by atoms with Gasteiger partial charge in [-0.3, -0.25) is 14.5 Å². The third-order valence-corrected chi connectivity index (χ3v) is 6.14. The molecule has 6 nitrogen and oxygen atoms in total. The van der Waals surface area contributed by atoms with E-state index in [1.807, 2.05) is 30.0 Å². The first-order valence-electron chi connectivity index (χ1n) is 11.1. The summed E-state index contributed by atoms with van der Waals surface area (Å²) in [5.41, 5.74) is 1.25. The predicted octanol–water partition coefficient (Wildman–Crippen LogP) is 2.08. The lowest BCUT2D eigenvalue weighted by atomic mass is 9.93. The lowest BCUT2D eigenvalue weighted by Crippen LogP contribution is -2.52. The van der Waals surface area contributed by atoms with Crippen molar-refractivity contribution in [1.29, 1.82) is 0 Å². The first-order chi connectivity index (χ1) is 14.2. The summed E-state index contributed by atoms with van der Waals surface area (Å²) in [5.74, 6) is 0.367. The van der Waals surface area contributed by atoms with E-state index in [9.17, 15) is 9.59 Å². The highest BCUT2D eigenvalue weighted by Gasteiger charge is 2.32. The maximum Gasteiger partial charge on any atom is 0.248 e. The van der Waals surface area contributed by atoms with Crippen molar-refractivity contribution in [1.82, 2.24) is 15.1 Å². The predicted molar refractivity (Wildman–Crippen MR) is 114 cm³/mol. The molecule has 1 aromatic rings. The van der Waals surface area contributed by atoms with Crippen molar-refractivity contribution in [2.45, 2.75) is 45.1 Å². The van der Waals surface area contributed by atoms with E-state index in [1.165, 1.54) is 5.56 Å². The van der Waals surface area contributed by atoms with Gasteiger partial charge in [0.15, 0.2) is 0 Å². The second kappa shape index (κ2) is 11.3. The Hall–Kier alpha value is -1.92. The maximum atomic E-state index is 12.7. The Morgan fingerprint density at radius 3 is 2.59 bits per heavy atom. The van der Waals surface area contributed by atoms with Crippen LogP contribution in [0.4, 0.5) is 0 Å². The van der Waals surface area contributed by atoms with Crippen LogP contribution in [0.3, 0.4) is 0 Å². The molecule has 160 valence electrons. The van der Waals surface area contributed by atoms with Crippen molar-refractivity contribution in [3.05, 3.63) is 35.9 Å². The molecule has 0 aromatic heterocycles. The van der Waals surface area contributed by atoms with Crippen LogP contribution in [0.1, 0.15) is 38.2 Å². The number of nitrogens with zero attached hydrogens (tertiary/aromatic N) is 2. The molecule has 1 N–H and O–H groups in total. The number of nitrogens with one attached hydrogen (secondary N) is 1. The molecule has 1 aromatic carbocycles. The van der Waals surface area contributed by atoms with Gasteiger partial charge in [-0.1, -0.05) is 30.3 Å². The molecule has 0 bridgehead atoms. The summed E-state index contributed by atoms with van der Waals surface area (Å²) in [7, 11) is 0. The normalized spacial score (nSPS) is 21.1. The molecule has 1 atom stereocenters. The Balaban J connectivity index is 1.40. The van der Waals surface area contributed by atoms with Crippen LogP contribution in [0.25, 0.3) is 0 Å². The SMILES string of the molecule is CCOCC(=O)N1CCC(N2CCCC(C(=O)NCCc3ccccc3)C2)CC1. The number of carbonyl (C=O) groups is 2. The molecule has 2 aliphatic heterocycles. The van der Waals surface area contributed by atoms with Gasteiger partial charge in [-0.05, 0) is 51.1 Å². The molecule has 2 heterocycles. The molecule has 2 aliphatic rings. The standard InChI is InChI=1S/C23H35N3O3/c1-2-29-18-22(27)25-15-11-21(12-16-25)26-14-6-9-20(17-26)23(28)24-13-10-19-7-4-3-5-8-19/h3-5,7-8,20-21H,2,6,9-18H2,1H3,(H,24,28). The fourth-order valence-corrected chi connectivity index (χ4v) is 4.43. The second-order valence-electron chi connectivity index (χ2n) is 8.11. The molecular weight excluding hydrogens is 366 g/mol. The van der Waals surface area contributed by atoms with Gasteiger partial charge >= 0.3 is 0 Å². The van der Waals surface area contributed by atoms with Gasteiger partial charge < -0.3 is 15.0 Å². The minimum Gasteiger partial charge on any atom is -0.372 e. The summed E-state index contributed by atoms with van der Waals surface area (Å²) in [6.07, 6.45) is 4.89. The van der Waals surface area contributed by atoms with Gasteiger partial charge in [0.25, 0.3) is 0 Å². The van der Waals surface area contributed by atoms with E-state index in [4.69, 9.17) is 4.74 Å². The minimum atomic E-state index is 0.0807. The van der Waals surface area contributed by atoms with Crippen LogP contribution in [-0.2, 0) is 20.7 Å². The molecule has 0 radical (unpaired) electrons. The number of hydrogen-bond acceptors (Lipinski definition) is 4. The Labute approximate surface area is 174 Å². The molecular formula is C23H35N3O3. The second-order valence-corrected chi connectivity index (χ2v) is 8.11. The van der Waals surface area contributed by atoms with E-state index in [0.29, 0.717) is 19.2 Å². The Morgan fingerprint density at radius 2 is 1.86 bits per heavy atom. The number of carbonyl (C=O) groups excluding carboxylic acids is 2. The van der Waals surface area contributed by atoms with Crippen LogP contribution in [0.15, 0.2) is 30.3 Å². The Morgan fingerprint density at radius 1 is 1.10 bits per heavy atom. The van der Waals surface area contributed by atoms with Crippen LogP contribution in [-0.4, -0.2) is 73.6 Å². The molecule has 2 amide bonds. The van der Waals surface area contributed by atoms with Gasteiger partial charge in [0.1, 0.15) is 6.61 Å². The number of hydrogen-bond donors (Lipinski definition) is 1. The van der Waals surface area contributed by atoms with Gasteiger partial charge in [-0.2, -0.15) is 0 Å². The van der Waals surface area contributed by atoms with Gasteiger partial charge in [0.2, 0.25) is 11.8 Å². The van der Waals surface area contributed by atoms with Crippen LogP contribution < -0.4 is 5.32 Å². The Bertz CT molecular complexity index is 644. The van der Waals surface area contributed by atoms with Crippen molar-refractivity contribution >= 4 is 11.8 Å². The summed E-state index contributed by atoms with van der Waals surface area (Å²) in [6.45, 7) is 6.85. The smallest absolute Gasteiger partial charge is 0.248 e. The van der Waals surface area contributed by atoms with Crippen molar-refractivity contribution in [2.75, 3.05) is 45.9 Å². The van der Waals surface area contributed by atoms with E-state index < -0.39 is 0 Å². The van der Waals surface area contributed by atoms with Crippen LogP contribution in [0, 0.1) is 5.92 Å². The summed E-state index contributed by atoms with van der Waals surface area (Å²) < 4.78 is 5.25. The first-order valence-corrected chi connectivity index (χ1v) is 11.1. The number of ether oxygens (including phenoxy) is 1. The quantitative estimate of drug-likeness (QED) is 0.725. The summed E-state index contributed by atoms with van der Waals surface area (Å²) in [4.78, 5) is 29.2. The van der Waals surface area contributed by atoms with Gasteiger partial charge in [-0.15, -0.1) is 0 Å². The summed E-state index contributed by atoms with van der Waals surface area (Å²) in [6, 6.07) is 10.8. The van der Waals surface area contributed by atoms with Crippen molar-refractivity contribution in [2.24, 2.45) is 5.92 Å². The van der Waals surface area contributed by atoms with Crippen molar-refractivity contribution in [3.63, 3.8) is 0 Å². The topological polar surface area (TPSA) is 61.9 Å². The molecule has 2 fully saturated rings. The van der Waals surface area contributed by atoms with Crippen LogP contribution in [0.2, 0.25) is 0 Å². The molecule has 6 heteroatoms. The van der Waals surface area contributed by atoms with E-state index in [2.05, 4.69) is 22.3 Å². The molecule has 0 saturated carbocycles. The number of benzene rings is 1. The van der Waals surface area contributed by atoms with Gasteiger partial charge in [-0.25, -0.2) is 0 Å². The van der Waals surface area contributed by atoms with E-state index in [0.717, 1.165) is 58.3 Å². The summed E-state index contributed by atoms with van der Waals surface area (Å²) in [5, 5.41) is 3.13. The first kappa shape index (κ1) is 21.8. The molecule has 0 spiro atoms. The van der Waals surface area contributed by atoms with E-state index in [-0.39, 0.29) is 24.3 Å². The molecule has 2 saturated heterocycles. The zero-order valence-electron chi connectivity index (χ0n) is 17.6. The number of likely N-dealkylation sites (tertiary alicyclic amines) is 2. The van der Waals surface area contributed by atoms with E-state index >= 15 is 0 Å². The average molecular weight is 402 g/mol.